The van der Waals surface area contributed by atoms with Gasteiger partial charge < -0.3 is 28.1 Å². The Hall–Kier alpha value is -3.19. The summed E-state index contributed by atoms with van der Waals surface area (Å²) in [5.74, 6) is 17.9. The zero-order chi connectivity index (χ0) is 57.3. The van der Waals surface area contributed by atoms with Gasteiger partial charge in [-0.1, -0.05) is 123 Å². The fraction of sp³-hybridized carbons (Fsp3) is 0.582. The third-order valence-corrected chi connectivity index (χ3v) is 21.6. The first kappa shape index (κ1) is 62.4. The summed E-state index contributed by atoms with van der Waals surface area (Å²) in [6.45, 7) is 41.5. The van der Waals surface area contributed by atoms with E-state index in [9.17, 15) is 5.11 Å². The predicted octanol–water partition coefficient (Wildman–Crippen LogP) is 14.5. The standard InChI is InChI=1S/C35H51BO3SSi.C32H43BO3S/c1-12-35(13-2,30-16-17-31(27(4)25-30)36-37-32(5,6)33(7,8)38-36)29-15-14-28(26(3)24-29)18-19-34(39-41(9,10)11)20-22-40-23-21-34;1-9-32(10-2,26-12-11-25(23(3)21-26)15-16-31(34)17-19-37-20-18-31)27-13-14-28(24(4)22-27)33-35-29(5,6)30(7,8)36-33/h14-17,24-25H,12-13,20-23H2,1-11H3;11-14,21-22,34H,9-10,17-20H2,1-8H3. The van der Waals surface area contributed by atoms with Crippen LogP contribution in [-0.4, -0.2) is 84.3 Å². The van der Waals surface area contributed by atoms with Crippen molar-refractivity contribution in [3.63, 3.8) is 0 Å². The molecule has 78 heavy (non-hydrogen) atoms. The maximum atomic E-state index is 10.8. The van der Waals surface area contributed by atoms with Gasteiger partial charge in [-0.25, -0.2) is 0 Å². The lowest BCUT2D eigenvalue weighted by atomic mass is 9.68. The number of aryl methyl sites for hydroxylation is 4. The van der Waals surface area contributed by atoms with Crippen molar-refractivity contribution in [2.45, 2.75) is 226 Å². The number of benzene rings is 4. The molecule has 0 aromatic heterocycles. The van der Waals surface area contributed by atoms with Crippen LogP contribution >= 0.6 is 23.5 Å². The topological polar surface area (TPSA) is 66.4 Å². The van der Waals surface area contributed by atoms with Crippen molar-refractivity contribution in [2.24, 2.45) is 0 Å². The number of hydrogen-bond acceptors (Lipinski definition) is 8. The van der Waals surface area contributed by atoms with Crippen LogP contribution in [0.3, 0.4) is 0 Å². The molecule has 420 valence electrons. The van der Waals surface area contributed by atoms with E-state index in [1.54, 1.807) is 0 Å². The monoisotopic (exact) mass is 1110 g/mol. The normalized spacial score (nSPS) is 20.2. The third-order valence-electron chi connectivity index (χ3n) is 18.6. The highest BCUT2D eigenvalue weighted by molar-refractivity contribution is 7.99. The molecule has 1 N–H and O–H groups in total. The summed E-state index contributed by atoms with van der Waals surface area (Å²) in [6.07, 6.45) is 7.57. The van der Waals surface area contributed by atoms with Gasteiger partial charge in [-0.15, -0.1) is 0 Å². The minimum atomic E-state index is -1.71. The van der Waals surface area contributed by atoms with Crippen molar-refractivity contribution >= 4 is 57.0 Å². The molecule has 8 rings (SSSR count). The van der Waals surface area contributed by atoms with Crippen molar-refractivity contribution in [1.29, 1.82) is 0 Å². The molecule has 0 unspecified atom stereocenters. The Bertz CT molecular complexity index is 2860. The SMILES string of the molecule is CCC(CC)(c1ccc(C#CC2(O)CCSCC2)c(C)c1)c1ccc(B2OC(C)(C)C(C)(C)O2)c(C)c1.CCC(CC)(c1ccc(C#CC2(O[Si](C)(C)C)CCSCC2)c(C)c1)c1ccc(B2OC(C)(C)C(C)(C)O2)c(C)c1. The quantitative estimate of drug-likeness (QED) is 0.111. The maximum Gasteiger partial charge on any atom is 0.495 e. The number of aliphatic hydroxyl groups is 1. The molecule has 0 radical (unpaired) electrons. The first-order valence-corrected chi connectivity index (χ1v) is 34.9. The van der Waals surface area contributed by atoms with Gasteiger partial charge >= 0.3 is 14.2 Å². The van der Waals surface area contributed by atoms with E-state index in [2.05, 4.69) is 227 Å². The largest absolute Gasteiger partial charge is 0.495 e. The molecular weight excluding hydrogens is 1010 g/mol. The summed E-state index contributed by atoms with van der Waals surface area (Å²) in [4.78, 5) is 0. The zero-order valence-electron chi connectivity index (χ0n) is 51.4. The molecule has 6 nitrogen and oxygen atoms in total. The van der Waals surface area contributed by atoms with Gasteiger partial charge in [-0.2, -0.15) is 23.5 Å². The number of thioether (sulfide) groups is 2. The van der Waals surface area contributed by atoms with Gasteiger partial charge in [0.05, 0.1) is 22.4 Å². The van der Waals surface area contributed by atoms with E-state index in [0.29, 0.717) is 0 Å². The Morgan fingerprint density at radius 1 is 0.500 bits per heavy atom. The highest BCUT2D eigenvalue weighted by Gasteiger charge is 2.53. The van der Waals surface area contributed by atoms with Crippen molar-refractivity contribution in [1.82, 2.24) is 0 Å². The lowest BCUT2D eigenvalue weighted by Gasteiger charge is -2.37. The third kappa shape index (κ3) is 13.2. The van der Waals surface area contributed by atoms with Crippen LogP contribution in [0.4, 0.5) is 0 Å². The first-order chi connectivity index (χ1) is 36.4. The minimum Gasteiger partial charge on any atom is -0.401 e. The van der Waals surface area contributed by atoms with Crippen LogP contribution in [0, 0.1) is 51.4 Å². The van der Waals surface area contributed by atoms with Crippen LogP contribution in [-0.2, 0) is 33.9 Å². The molecule has 4 aliphatic rings. The van der Waals surface area contributed by atoms with Crippen LogP contribution in [0.25, 0.3) is 0 Å². The predicted molar refractivity (Wildman–Crippen MR) is 338 cm³/mol. The summed E-state index contributed by atoms with van der Waals surface area (Å²) < 4.78 is 32.2. The van der Waals surface area contributed by atoms with E-state index >= 15 is 0 Å². The Labute approximate surface area is 483 Å². The first-order valence-electron chi connectivity index (χ1n) is 29.2. The average Bonchev–Trinajstić information content (AvgIpc) is 3.79. The fourth-order valence-corrected chi connectivity index (χ4v) is 15.6. The van der Waals surface area contributed by atoms with E-state index in [1.807, 2.05) is 23.5 Å². The number of hydrogen-bond donors (Lipinski definition) is 1. The molecule has 0 amide bonds. The van der Waals surface area contributed by atoms with Gasteiger partial charge in [0.25, 0.3) is 0 Å². The van der Waals surface area contributed by atoms with Gasteiger partial charge in [-0.3, -0.25) is 0 Å². The lowest BCUT2D eigenvalue weighted by molar-refractivity contribution is 0.00578. The molecule has 4 aromatic carbocycles. The Morgan fingerprint density at radius 2 is 0.821 bits per heavy atom. The summed E-state index contributed by atoms with van der Waals surface area (Å²) in [5, 5.41) is 10.8. The summed E-state index contributed by atoms with van der Waals surface area (Å²) in [6, 6.07) is 27.3. The molecule has 0 saturated carbocycles. The Balaban J connectivity index is 0.000000227. The summed E-state index contributed by atoms with van der Waals surface area (Å²) in [7, 11) is -2.41. The van der Waals surface area contributed by atoms with Crippen LogP contribution in [0.1, 0.15) is 190 Å². The minimum absolute atomic E-state index is 0.0707. The van der Waals surface area contributed by atoms with Gasteiger partial charge in [0.15, 0.2) is 8.32 Å². The van der Waals surface area contributed by atoms with Gasteiger partial charge in [0, 0.05) is 22.0 Å². The molecule has 0 spiro atoms. The van der Waals surface area contributed by atoms with Crippen molar-refractivity contribution < 1.29 is 28.1 Å². The molecule has 0 bridgehead atoms. The summed E-state index contributed by atoms with van der Waals surface area (Å²) in [5.41, 5.74) is 11.8. The second kappa shape index (κ2) is 24.0. The Kier molecular flexibility index (Phi) is 19.2. The second-order valence-electron chi connectivity index (χ2n) is 25.9. The van der Waals surface area contributed by atoms with E-state index in [4.69, 9.17) is 23.0 Å². The smallest absolute Gasteiger partial charge is 0.401 e. The van der Waals surface area contributed by atoms with Crippen molar-refractivity contribution in [3.8, 4) is 23.7 Å². The molecule has 0 aliphatic carbocycles. The zero-order valence-corrected chi connectivity index (χ0v) is 54.0. The van der Waals surface area contributed by atoms with Crippen molar-refractivity contribution in [2.75, 3.05) is 23.0 Å². The fourth-order valence-electron chi connectivity index (χ4n) is 11.8. The highest BCUT2D eigenvalue weighted by Crippen LogP contribution is 2.44. The summed E-state index contributed by atoms with van der Waals surface area (Å²) >= 11 is 3.91. The van der Waals surface area contributed by atoms with E-state index in [-0.39, 0.29) is 53.1 Å². The molecule has 4 heterocycles. The highest BCUT2D eigenvalue weighted by atomic mass is 32.2. The molecule has 4 saturated heterocycles. The van der Waals surface area contributed by atoms with E-state index in [0.717, 1.165) is 102 Å². The maximum absolute atomic E-state index is 10.8. The molecule has 4 aliphatic heterocycles. The average molecular weight is 1110 g/mol. The number of rotatable bonds is 12. The van der Waals surface area contributed by atoms with Crippen LogP contribution in [0.5, 0.6) is 0 Å². The second-order valence-corrected chi connectivity index (χ2v) is 32.8. The van der Waals surface area contributed by atoms with Gasteiger partial charge in [0.2, 0.25) is 0 Å². The van der Waals surface area contributed by atoms with Gasteiger partial charge in [-0.05, 0) is 234 Å². The van der Waals surface area contributed by atoms with E-state index in [1.165, 1.54) is 38.9 Å². The molecule has 4 fully saturated rings. The molecule has 11 heteroatoms. The molecule has 4 aromatic rings. The Morgan fingerprint density at radius 3 is 1.14 bits per heavy atom. The van der Waals surface area contributed by atoms with E-state index < -0.39 is 13.9 Å². The lowest BCUT2D eigenvalue weighted by Crippen LogP contribution is -2.44. The van der Waals surface area contributed by atoms with Crippen LogP contribution < -0.4 is 10.9 Å². The molecular formula is C67H94B2O6S2Si. The van der Waals surface area contributed by atoms with Crippen molar-refractivity contribution in [3.05, 3.63) is 128 Å². The van der Waals surface area contributed by atoms with Crippen LogP contribution in [0.2, 0.25) is 19.6 Å². The van der Waals surface area contributed by atoms with Crippen LogP contribution in [0.15, 0.2) is 72.8 Å². The van der Waals surface area contributed by atoms with Gasteiger partial charge in [0.1, 0.15) is 11.2 Å². The molecule has 0 atom stereocenters.